The lowest BCUT2D eigenvalue weighted by atomic mass is 9.69. The van der Waals surface area contributed by atoms with Crippen LogP contribution in [0, 0.1) is 5.41 Å². The average molecular weight is 274 g/mol. The Hall–Kier alpha value is -0.550. The first-order valence-electron chi connectivity index (χ1n) is 5.13. The fraction of sp³-hybridized carbons (Fsp3) is 0.700. The van der Waals surface area contributed by atoms with E-state index in [1.165, 1.54) is 19.3 Å². The van der Waals surface area contributed by atoms with E-state index in [-0.39, 0.29) is 5.41 Å². The quantitative estimate of drug-likeness (QED) is 0.914. The number of nitrogen functional groups attached to an aromatic ring is 1. The molecule has 1 aliphatic rings. The number of halogens is 1. The molecular formula is C10H16BrN3O. The van der Waals surface area contributed by atoms with Gasteiger partial charge in [0.2, 0.25) is 0 Å². The molecule has 0 aliphatic heterocycles. The summed E-state index contributed by atoms with van der Waals surface area (Å²) in [5, 5.41) is 4.25. The largest absolute Gasteiger partial charge is 0.384 e. The minimum atomic E-state index is 0.284. The van der Waals surface area contributed by atoms with Crippen LogP contribution in [-0.2, 0) is 11.3 Å². The zero-order chi connectivity index (χ0) is 10.9. The van der Waals surface area contributed by atoms with Gasteiger partial charge in [-0.1, -0.05) is 6.42 Å². The van der Waals surface area contributed by atoms with Crippen molar-refractivity contribution in [3.63, 3.8) is 0 Å². The second kappa shape index (κ2) is 4.14. The van der Waals surface area contributed by atoms with Crippen molar-refractivity contribution in [2.24, 2.45) is 5.41 Å². The van der Waals surface area contributed by atoms with Gasteiger partial charge in [-0.25, -0.2) is 0 Å². The molecule has 0 amide bonds. The lowest BCUT2D eigenvalue weighted by Gasteiger charge is -2.41. The summed E-state index contributed by atoms with van der Waals surface area (Å²) in [6.45, 7) is 1.71. The molecular weight excluding hydrogens is 258 g/mol. The Labute approximate surface area is 97.9 Å². The zero-order valence-corrected chi connectivity index (χ0v) is 10.5. The van der Waals surface area contributed by atoms with Crippen LogP contribution in [0.2, 0.25) is 0 Å². The van der Waals surface area contributed by atoms with Gasteiger partial charge in [-0.15, -0.1) is 0 Å². The number of hydrogen-bond acceptors (Lipinski definition) is 3. The maximum atomic E-state index is 5.68. The molecule has 0 bridgehead atoms. The molecule has 15 heavy (non-hydrogen) atoms. The molecule has 84 valence electrons. The molecule has 4 nitrogen and oxygen atoms in total. The van der Waals surface area contributed by atoms with E-state index in [0.29, 0.717) is 5.82 Å². The number of nitrogens with zero attached hydrogens (tertiary/aromatic N) is 2. The topological polar surface area (TPSA) is 53.1 Å². The van der Waals surface area contributed by atoms with Gasteiger partial charge in [-0.05, 0) is 28.8 Å². The van der Waals surface area contributed by atoms with E-state index in [1.54, 1.807) is 7.11 Å². The molecule has 5 heteroatoms. The summed E-state index contributed by atoms with van der Waals surface area (Å²) < 4.78 is 8.06. The van der Waals surface area contributed by atoms with Crippen molar-refractivity contribution in [2.75, 3.05) is 19.5 Å². The number of aromatic nitrogens is 2. The molecule has 0 unspecified atom stereocenters. The third kappa shape index (κ3) is 2.18. The second-order valence-corrected chi connectivity index (χ2v) is 5.20. The third-order valence-corrected chi connectivity index (χ3v) is 3.72. The Morgan fingerprint density at radius 1 is 1.67 bits per heavy atom. The highest BCUT2D eigenvalue weighted by Crippen LogP contribution is 2.42. The molecule has 0 saturated heterocycles. The van der Waals surface area contributed by atoms with Gasteiger partial charge >= 0.3 is 0 Å². The van der Waals surface area contributed by atoms with E-state index >= 15 is 0 Å². The first-order valence-corrected chi connectivity index (χ1v) is 5.92. The van der Waals surface area contributed by atoms with Crippen LogP contribution < -0.4 is 5.73 Å². The van der Waals surface area contributed by atoms with Crippen molar-refractivity contribution >= 4 is 21.7 Å². The Morgan fingerprint density at radius 2 is 2.40 bits per heavy atom. The monoisotopic (exact) mass is 273 g/mol. The number of anilines is 1. The summed E-state index contributed by atoms with van der Waals surface area (Å²) in [6.07, 6.45) is 5.67. The van der Waals surface area contributed by atoms with E-state index in [2.05, 4.69) is 21.0 Å². The van der Waals surface area contributed by atoms with E-state index in [4.69, 9.17) is 10.5 Å². The molecule has 1 heterocycles. The molecule has 2 N–H and O–H groups in total. The van der Waals surface area contributed by atoms with Crippen LogP contribution in [-0.4, -0.2) is 23.5 Å². The highest BCUT2D eigenvalue weighted by Gasteiger charge is 2.37. The molecule has 1 aromatic heterocycles. The highest BCUT2D eigenvalue weighted by atomic mass is 79.9. The van der Waals surface area contributed by atoms with Crippen molar-refractivity contribution in [3.05, 3.63) is 10.7 Å². The van der Waals surface area contributed by atoms with Crippen molar-refractivity contribution < 1.29 is 4.74 Å². The van der Waals surface area contributed by atoms with Crippen LogP contribution in [0.25, 0.3) is 0 Å². The number of ether oxygens (including phenoxy) is 1. The van der Waals surface area contributed by atoms with Crippen LogP contribution in [0.15, 0.2) is 10.7 Å². The number of nitrogens with two attached hydrogens (primary N) is 1. The molecule has 1 saturated carbocycles. The van der Waals surface area contributed by atoms with E-state index in [1.807, 2.05) is 10.9 Å². The minimum absolute atomic E-state index is 0.284. The summed E-state index contributed by atoms with van der Waals surface area (Å²) in [6, 6.07) is 0. The Morgan fingerprint density at radius 3 is 2.80 bits per heavy atom. The Balaban J connectivity index is 2.06. The average Bonchev–Trinajstić information content (AvgIpc) is 2.42. The fourth-order valence-electron chi connectivity index (χ4n) is 2.17. The lowest BCUT2D eigenvalue weighted by molar-refractivity contribution is 0.000775. The fourth-order valence-corrected chi connectivity index (χ4v) is 2.48. The predicted octanol–water partition coefficient (Wildman–Crippen LogP) is 2.04. The van der Waals surface area contributed by atoms with Gasteiger partial charge in [0.05, 0.1) is 11.1 Å². The summed E-state index contributed by atoms with van der Waals surface area (Å²) in [4.78, 5) is 0. The molecule has 1 fully saturated rings. The molecule has 1 aromatic rings. The molecule has 0 radical (unpaired) electrons. The minimum Gasteiger partial charge on any atom is -0.384 e. The van der Waals surface area contributed by atoms with Gasteiger partial charge in [-0.2, -0.15) is 5.10 Å². The molecule has 2 rings (SSSR count). The number of hydrogen-bond donors (Lipinski definition) is 1. The molecule has 1 aliphatic carbocycles. The second-order valence-electron chi connectivity index (χ2n) is 4.35. The highest BCUT2D eigenvalue weighted by molar-refractivity contribution is 9.10. The van der Waals surface area contributed by atoms with E-state index < -0.39 is 0 Å². The van der Waals surface area contributed by atoms with Gasteiger partial charge in [0.25, 0.3) is 0 Å². The van der Waals surface area contributed by atoms with Crippen LogP contribution in [0.1, 0.15) is 19.3 Å². The van der Waals surface area contributed by atoms with Crippen molar-refractivity contribution in [1.82, 2.24) is 9.78 Å². The normalized spacial score (nSPS) is 18.8. The van der Waals surface area contributed by atoms with Gasteiger partial charge in [0.1, 0.15) is 0 Å². The third-order valence-electron chi connectivity index (χ3n) is 3.11. The van der Waals surface area contributed by atoms with E-state index in [0.717, 1.165) is 17.6 Å². The lowest BCUT2D eigenvalue weighted by Crippen LogP contribution is -2.38. The van der Waals surface area contributed by atoms with Crippen molar-refractivity contribution in [1.29, 1.82) is 0 Å². The van der Waals surface area contributed by atoms with Crippen molar-refractivity contribution in [2.45, 2.75) is 25.8 Å². The molecule has 0 spiro atoms. The Kier molecular flexibility index (Phi) is 3.02. The maximum absolute atomic E-state index is 5.68. The summed E-state index contributed by atoms with van der Waals surface area (Å²) >= 11 is 3.36. The van der Waals surface area contributed by atoms with Gasteiger partial charge < -0.3 is 10.5 Å². The number of rotatable bonds is 4. The summed E-state index contributed by atoms with van der Waals surface area (Å²) in [5.41, 5.74) is 5.97. The van der Waals surface area contributed by atoms with Crippen LogP contribution in [0.4, 0.5) is 5.82 Å². The Bertz CT molecular complexity index is 327. The van der Waals surface area contributed by atoms with Crippen LogP contribution >= 0.6 is 15.9 Å². The van der Waals surface area contributed by atoms with Crippen LogP contribution in [0.3, 0.4) is 0 Å². The summed E-state index contributed by atoms with van der Waals surface area (Å²) in [5.74, 6) is 0.557. The first kappa shape index (κ1) is 11.0. The van der Waals surface area contributed by atoms with Crippen molar-refractivity contribution in [3.8, 4) is 0 Å². The van der Waals surface area contributed by atoms with Gasteiger partial charge in [0.15, 0.2) is 5.82 Å². The maximum Gasteiger partial charge on any atom is 0.159 e. The molecule has 0 aromatic carbocycles. The smallest absolute Gasteiger partial charge is 0.159 e. The van der Waals surface area contributed by atoms with E-state index in [9.17, 15) is 0 Å². The molecule has 0 atom stereocenters. The standard InChI is InChI=1S/C10H16BrN3O/c1-15-7-10(3-2-4-10)6-14-5-8(11)9(12)13-14/h5H,2-4,6-7H2,1H3,(H2,12,13). The van der Waals surface area contributed by atoms with Crippen LogP contribution in [0.5, 0.6) is 0 Å². The first-order chi connectivity index (χ1) is 7.15. The van der Waals surface area contributed by atoms with Gasteiger partial charge in [-0.3, -0.25) is 4.68 Å². The SMILES string of the molecule is COCC1(Cn2cc(Br)c(N)n2)CCC1. The summed E-state index contributed by atoms with van der Waals surface area (Å²) in [7, 11) is 1.76. The zero-order valence-electron chi connectivity index (χ0n) is 8.87. The predicted molar refractivity (Wildman–Crippen MR) is 62.5 cm³/mol. The number of methoxy groups -OCH3 is 1. The van der Waals surface area contributed by atoms with Gasteiger partial charge in [0, 0.05) is 25.3 Å².